The fourth-order valence-corrected chi connectivity index (χ4v) is 3.28. The maximum atomic E-state index is 11.5. The highest BCUT2D eigenvalue weighted by Crippen LogP contribution is 2.39. The van der Waals surface area contributed by atoms with Gasteiger partial charge >= 0.3 is 6.09 Å². The number of aromatic nitrogens is 1. The molecule has 1 amide bonds. The van der Waals surface area contributed by atoms with Crippen molar-refractivity contribution in [3.05, 3.63) is 53.9 Å². The largest absolute Gasteiger partial charge is 0.496 e. The summed E-state index contributed by atoms with van der Waals surface area (Å²) in [6.07, 6.45) is 5.33. The third kappa shape index (κ3) is 4.09. The molecule has 6 nitrogen and oxygen atoms in total. The molecule has 0 aliphatic carbocycles. The molecule has 1 aliphatic rings. The molecular weight excluding hydrogens is 318 g/mol. The minimum Gasteiger partial charge on any atom is -0.496 e. The summed E-state index contributed by atoms with van der Waals surface area (Å²) in [5.74, 6) is 1.33. The number of rotatable bonds is 5. The second-order valence-corrected chi connectivity index (χ2v) is 6.03. The van der Waals surface area contributed by atoms with Crippen molar-refractivity contribution in [2.24, 2.45) is 0 Å². The van der Waals surface area contributed by atoms with Gasteiger partial charge in [-0.1, -0.05) is 0 Å². The second kappa shape index (κ2) is 7.98. The third-order valence-corrected chi connectivity index (χ3v) is 4.47. The molecule has 0 bridgehead atoms. The Kier molecular flexibility index (Phi) is 5.50. The molecule has 0 radical (unpaired) electrons. The summed E-state index contributed by atoms with van der Waals surface area (Å²) in [5, 5.41) is 2.46. The lowest BCUT2D eigenvalue weighted by Crippen LogP contribution is -2.24. The number of likely N-dealkylation sites (tertiary alicyclic amines) is 1. The van der Waals surface area contributed by atoms with Crippen LogP contribution < -0.4 is 14.8 Å². The quantitative estimate of drug-likeness (QED) is 0.905. The van der Waals surface area contributed by atoms with E-state index in [2.05, 4.69) is 15.2 Å². The molecule has 2 heterocycles. The van der Waals surface area contributed by atoms with Crippen molar-refractivity contribution in [3.8, 4) is 11.5 Å². The average molecular weight is 341 g/mol. The first kappa shape index (κ1) is 17.2. The van der Waals surface area contributed by atoms with Crippen LogP contribution in [-0.4, -0.2) is 36.7 Å². The van der Waals surface area contributed by atoms with Crippen LogP contribution in [0.5, 0.6) is 11.5 Å². The van der Waals surface area contributed by atoms with E-state index < -0.39 is 6.09 Å². The van der Waals surface area contributed by atoms with Gasteiger partial charge in [-0.05, 0) is 55.3 Å². The van der Waals surface area contributed by atoms with Crippen molar-refractivity contribution < 1.29 is 14.3 Å². The number of nitrogens with one attached hydrogen (secondary N) is 1. The number of hydrogen-bond donors (Lipinski definition) is 1. The number of hydrogen-bond acceptors (Lipinski definition) is 5. The third-order valence-electron chi connectivity index (χ3n) is 4.47. The molecule has 1 aromatic heterocycles. The number of pyridine rings is 1. The first-order chi connectivity index (χ1) is 12.2. The van der Waals surface area contributed by atoms with Crippen LogP contribution in [-0.2, 0) is 6.54 Å². The van der Waals surface area contributed by atoms with E-state index in [0.29, 0.717) is 5.75 Å². The molecule has 1 saturated heterocycles. The minimum atomic E-state index is -0.476. The van der Waals surface area contributed by atoms with E-state index in [-0.39, 0.29) is 6.04 Å². The lowest BCUT2D eigenvalue weighted by Gasteiger charge is -2.26. The van der Waals surface area contributed by atoms with Crippen LogP contribution in [0.25, 0.3) is 0 Å². The fraction of sp³-hybridized carbons (Fsp3) is 0.368. The molecule has 25 heavy (non-hydrogen) atoms. The van der Waals surface area contributed by atoms with Crippen LogP contribution in [0.15, 0.2) is 42.7 Å². The Labute approximate surface area is 147 Å². The van der Waals surface area contributed by atoms with Crippen LogP contribution >= 0.6 is 0 Å². The number of carbonyl (C=O) groups excluding carboxylic acids is 1. The zero-order valence-electron chi connectivity index (χ0n) is 14.6. The van der Waals surface area contributed by atoms with Gasteiger partial charge in [0.05, 0.1) is 7.11 Å². The van der Waals surface area contributed by atoms with Crippen molar-refractivity contribution >= 4 is 6.09 Å². The average Bonchev–Trinajstić information content (AvgIpc) is 3.10. The van der Waals surface area contributed by atoms with Crippen molar-refractivity contribution in [3.63, 3.8) is 0 Å². The fourth-order valence-electron chi connectivity index (χ4n) is 3.28. The molecule has 1 N–H and O–H groups in total. The molecule has 1 aliphatic heterocycles. The van der Waals surface area contributed by atoms with Crippen molar-refractivity contribution in [1.29, 1.82) is 0 Å². The number of amides is 1. The summed E-state index contributed by atoms with van der Waals surface area (Å²) in [6, 6.07) is 9.83. The summed E-state index contributed by atoms with van der Waals surface area (Å²) in [5.41, 5.74) is 2.29. The topological polar surface area (TPSA) is 63.7 Å². The van der Waals surface area contributed by atoms with Crippen LogP contribution in [0, 0.1) is 0 Å². The first-order valence-electron chi connectivity index (χ1n) is 8.41. The standard InChI is InChI=1S/C19H23N3O3/c1-20-19(23)25-15-5-6-18(24-2)16(12-15)17-4-3-11-22(17)13-14-7-9-21-10-8-14/h5-10,12,17H,3-4,11,13H2,1-2H3,(H,20,23). The number of carbonyl (C=O) groups is 1. The highest BCUT2D eigenvalue weighted by atomic mass is 16.6. The van der Waals surface area contributed by atoms with Gasteiger partial charge in [-0.15, -0.1) is 0 Å². The van der Waals surface area contributed by atoms with Gasteiger partial charge in [0.1, 0.15) is 11.5 Å². The number of benzene rings is 1. The van der Waals surface area contributed by atoms with Gasteiger partial charge in [0.2, 0.25) is 0 Å². The van der Waals surface area contributed by atoms with Gasteiger partial charge in [-0.2, -0.15) is 0 Å². The molecule has 1 aromatic carbocycles. The predicted molar refractivity (Wildman–Crippen MR) is 94.7 cm³/mol. The Bertz CT molecular complexity index is 721. The Hall–Kier alpha value is -2.60. The van der Waals surface area contributed by atoms with E-state index in [1.807, 2.05) is 36.7 Å². The van der Waals surface area contributed by atoms with Gasteiger partial charge in [0.25, 0.3) is 0 Å². The van der Waals surface area contributed by atoms with E-state index in [1.165, 1.54) is 5.56 Å². The number of nitrogens with zero attached hydrogens (tertiary/aromatic N) is 2. The van der Waals surface area contributed by atoms with Gasteiger partial charge < -0.3 is 14.8 Å². The Morgan fingerprint density at radius 3 is 2.84 bits per heavy atom. The minimum absolute atomic E-state index is 0.233. The van der Waals surface area contributed by atoms with Crippen molar-refractivity contribution in [2.75, 3.05) is 20.7 Å². The molecule has 132 valence electrons. The highest BCUT2D eigenvalue weighted by molar-refractivity contribution is 5.70. The monoisotopic (exact) mass is 341 g/mol. The van der Waals surface area contributed by atoms with E-state index >= 15 is 0 Å². The number of ether oxygens (including phenoxy) is 2. The van der Waals surface area contributed by atoms with E-state index in [9.17, 15) is 4.79 Å². The summed E-state index contributed by atoms with van der Waals surface area (Å²) >= 11 is 0. The smallest absolute Gasteiger partial charge is 0.412 e. The van der Waals surface area contributed by atoms with E-state index in [4.69, 9.17) is 9.47 Å². The maximum absolute atomic E-state index is 11.5. The molecule has 0 saturated carbocycles. The Balaban J connectivity index is 1.84. The van der Waals surface area contributed by atoms with Crippen LogP contribution in [0.2, 0.25) is 0 Å². The summed E-state index contributed by atoms with van der Waals surface area (Å²) in [7, 11) is 3.21. The molecule has 0 spiro atoms. The van der Waals surface area contributed by atoms with Crippen LogP contribution in [0.1, 0.15) is 30.0 Å². The van der Waals surface area contributed by atoms with Crippen molar-refractivity contribution in [1.82, 2.24) is 15.2 Å². The molecule has 3 rings (SSSR count). The predicted octanol–water partition coefficient (Wildman–Crippen LogP) is 3.15. The molecule has 6 heteroatoms. The Morgan fingerprint density at radius 2 is 2.12 bits per heavy atom. The summed E-state index contributed by atoms with van der Waals surface area (Å²) in [6.45, 7) is 1.88. The summed E-state index contributed by atoms with van der Waals surface area (Å²) in [4.78, 5) is 18.0. The zero-order valence-corrected chi connectivity index (χ0v) is 14.6. The zero-order chi connectivity index (χ0) is 17.6. The summed E-state index contributed by atoms with van der Waals surface area (Å²) < 4.78 is 10.8. The van der Waals surface area contributed by atoms with Crippen LogP contribution in [0.3, 0.4) is 0 Å². The second-order valence-electron chi connectivity index (χ2n) is 6.03. The van der Waals surface area contributed by atoms with Gasteiger partial charge in [0, 0.05) is 37.6 Å². The molecular formula is C19H23N3O3. The first-order valence-corrected chi connectivity index (χ1v) is 8.41. The highest BCUT2D eigenvalue weighted by Gasteiger charge is 2.29. The van der Waals surface area contributed by atoms with E-state index in [1.54, 1.807) is 20.2 Å². The van der Waals surface area contributed by atoms with E-state index in [0.717, 1.165) is 37.2 Å². The molecule has 1 fully saturated rings. The lowest BCUT2D eigenvalue weighted by atomic mass is 10.0. The van der Waals surface area contributed by atoms with Gasteiger partial charge in [-0.3, -0.25) is 9.88 Å². The van der Waals surface area contributed by atoms with Gasteiger partial charge in [-0.25, -0.2) is 4.79 Å². The van der Waals surface area contributed by atoms with Crippen molar-refractivity contribution in [2.45, 2.75) is 25.4 Å². The van der Waals surface area contributed by atoms with Gasteiger partial charge in [0.15, 0.2) is 0 Å². The Morgan fingerprint density at radius 1 is 1.32 bits per heavy atom. The molecule has 2 aromatic rings. The maximum Gasteiger partial charge on any atom is 0.412 e. The van der Waals surface area contributed by atoms with Crippen LogP contribution in [0.4, 0.5) is 4.79 Å². The molecule has 1 unspecified atom stereocenters. The molecule has 1 atom stereocenters. The number of methoxy groups -OCH3 is 1. The normalized spacial score (nSPS) is 17.3. The SMILES string of the molecule is CNC(=O)Oc1ccc(OC)c(C2CCCN2Cc2ccncc2)c1. The lowest BCUT2D eigenvalue weighted by molar-refractivity contribution is 0.202.